The van der Waals surface area contributed by atoms with E-state index in [1.807, 2.05) is 4.72 Å². The zero-order valence-electron chi connectivity index (χ0n) is 24.8. The van der Waals surface area contributed by atoms with Gasteiger partial charge in [0, 0.05) is 17.3 Å². The standard InChI is InChI=1S/C18H15ClN2O6S2/c1-9-5-13-14(26-8-25-13)7-11(9)6-12(22)17-15(3-4-28-17)29(23,24)21-18-16(19)10(2)20-27-18/h3-5,7,21H,6,8H2,1-2H3/i1D3,2D3,5D,6D2,7D,8D. The quantitative estimate of drug-likeness (QED) is 0.549. The second-order valence-electron chi connectivity index (χ2n) is 5.34. The Morgan fingerprint density at radius 3 is 2.97 bits per heavy atom. The maximum Gasteiger partial charge on any atom is 0.265 e. The Bertz CT molecular complexity index is 1630. The van der Waals surface area contributed by atoms with E-state index < -0.39 is 104 Å². The number of ether oxygens (including phenoxy) is 2. The predicted molar refractivity (Wildman–Crippen MR) is 107 cm³/mol. The predicted octanol–water partition coefficient (Wildman–Crippen LogP) is 3.96. The van der Waals surface area contributed by atoms with Crippen molar-refractivity contribution in [1.82, 2.24) is 5.16 Å². The highest BCUT2D eigenvalue weighted by Crippen LogP contribution is 2.36. The lowest BCUT2D eigenvalue weighted by molar-refractivity contribution is 0.0994. The van der Waals surface area contributed by atoms with E-state index in [-0.39, 0.29) is 0 Å². The second kappa shape index (κ2) is 7.36. The number of hydrogen-bond acceptors (Lipinski definition) is 8. The Balaban J connectivity index is 1.82. The van der Waals surface area contributed by atoms with Gasteiger partial charge >= 0.3 is 0 Å². The van der Waals surface area contributed by atoms with Gasteiger partial charge in [-0.15, -0.1) is 11.3 Å². The van der Waals surface area contributed by atoms with Crippen LogP contribution in [-0.4, -0.2) is 26.1 Å². The summed E-state index contributed by atoms with van der Waals surface area (Å²) in [6, 6.07) is -0.995. The Morgan fingerprint density at radius 1 is 1.45 bits per heavy atom. The van der Waals surface area contributed by atoms with Crippen LogP contribution >= 0.6 is 22.9 Å². The van der Waals surface area contributed by atoms with Crippen molar-refractivity contribution in [3.05, 3.63) is 50.3 Å². The van der Waals surface area contributed by atoms with Crippen molar-refractivity contribution in [2.75, 3.05) is 11.5 Å². The van der Waals surface area contributed by atoms with Gasteiger partial charge in [-0.25, -0.2) is 13.1 Å². The second-order valence-corrected chi connectivity index (χ2v) is 8.28. The summed E-state index contributed by atoms with van der Waals surface area (Å²) in [4.78, 5) is 12.0. The molecular weight excluding hydrogens is 440 g/mol. The average Bonchev–Trinajstić information content (AvgIpc) is 3.53. The molecule has 1 aromatic carbocycles. The van der Waals surface area contributed by atoms with Crippen LogP contribution in [-0.2, 0) is 16.4 Å². The fourth-order valence-electron chi connectivity index (χ4n) is 2.21. The SMILES string of the molecule is [2H]c1c2c(c([2H])c(C([2H])([2H])C(=O)c3sccc3S(=O)(=O)Nc3onc(C([2H])([2H])[2H])c3Cl)c1C([2H])([2H])[2H])OC([2H])O2. The molecular formula is C18H15ClN2O6S2. The summed E-state index contributed by atoms with van der Waals surface area (Å²) in [6.45, 7) is -7.87. The van der Waals surface area contributed by atoms with E-state index in [0.717, 1.165) is 11.4 Å². The van der Waals surface area contributed by atoms with Gasteiger partial charge in [0.25, 0.3) is 15.9 Å². The summed E-state index contributed by atoms with van der Waals surface area (Å²) in [6.07, 6.45) is -3.41. The summed E-state index contributed by atoms with van der Waals surface area (Å²) < 4.78 is 130. The third-order valence-electron chi connectivity index (χ3n) is 3.49. The van der Waals surface area contributed by atoms with Gasteiger partial charge in [0.15, 0.2) is 17.3 Å². The number of ketones is 1. The monoisotopic (exact) mass is 465 g/mol. The molecule has 2 aromatic heterocycles. The van der Waals surface area contributed by atoms with Gasteiger partial charge in [0.2, 0.25) is 6.77 Å². The van der Waals surface area contributed by atoms with E-state index >= 15 is 0 Å². The lowest BCUT2D eigenvalue weighted by Gasteiger charge is -2.09. The van der Waals surface area contributed by atoms with Crippen LogP contribution in [0.4, 0.5) is 5.88 Å². The molecule has 1 unspecified atom stereocenters. The third-order valence-corrected chi connectivity index (χ3v) is 6.26. The Hall–Kier alpha value is -2.56. The minimum atomic E-state index is -4.81. The topological polar surface area (TPSA) is 108 Å². The zero-order chi connectivity index (χ0) is 30.2. The van der Waals surface area contributed by atoms with Crippen molar-refractivity contribution in [3.8, 4) is 11.5 Å². The molecule has 0 saturated carbocycles. The normalized spacial score (nSPS) is 22.4. The number of Topliss-reactive ketones (excluding diaryl/α,β-unsaturated/α-hetero) is 1. The number of aryl methyl sites for hydroxylation is 1. The van der Waals surface area contributed by atoms with E-state index in [1.165, 1.54) is 0 Å². The molecule has 0 radical (unpaired) electrons. The molecule has 1 aliphatic heterocycles. The van der Waals surface area contributed by atoms with Crippen molar-refractivity contribution in [2.24, 2.45) is 0 Å². The van der Waals surface area contributed by atoms with Gasteiger partial charge in [0.1, 0.15) is 17.0 Å². The van der Waals surface area contributed by atoms with Gasteiger partial charge in [-0.3, -0.25) is 4.79 Å². The first-order valence-electron chi connectivity index (χ1n) is 13.0. The molecule has 3 heterocycles. The summed E-state index contributed by atoms with van der Waals surface area (Å²) >= 11 is 6.35. The summed E-state index contributed by atoms with van der Waals surface area (Å²) in [7, 11) is -4.81. The Morgan fingerprint density at radius 2 is 2.24 bits per heavy atom. The number of nitrogens with zero attached hydrogens (tertiary/aromatic N) is 1. The van der Waals surface area contributed by atoms with E-state index in [4.69, 9.17) is 36.2 Å². The van der Waals surface area contributed by atoms with Crippen LogP contribution in [0.3, 0.4) is 0 Å². The minimum absolute atomic E-state index is 0.467. The lowest BCUT2D eigenvalue weighted by atomic mass is 10.0. The van der Waals surface area contributed by atoms with E-state index in [1.54, 1.807) is 0 Å². The first-order chi connectivity index (χ1) is 18.2. The molecule has 0 bridgehead atoms. The van der Waals surface area contributed by atoms with Crippen molar-refractivity contribution in [2.45, 2.75) is 25.0 Å². The first kappa shape index (κ1) is 10.5. The van der Waals surface area contributed by atoms with Gasteiger partial charge in [-0.1, -0.05) is 16.8 Å². The van der Waals surface area contributed by atoms with Crippen LogP contribution in [0.15, 0.2) is 32.9 Å². The average molecular weight is 466 g/mol. The number of nitrogens with one attached hydrogen (secondary N) is 1. The van der Waals surface area contributed by atoms with Crippen LogP contribution in [0.5, 0.6) is 11.5 Å². The summed E-state index contributed by atoms with van der Waals surface area (Å²) in [5.74, 6) is -3.60. The van der Waals surface area contributed by atoms with Gasteiger partial charge < -0.3 is 14.0 Å². The summed E-state index contributed by atoms with van der Waals surface area (Å²) in [5, 5.41) is 3.66. The molecule has 0 aliphatic carbocycles. The number of fused-ring (bicyclic) bond motifs is 1. The van der Waals surface area contributed by atoms with Crippen LogP contribution < -0.4 is 14.2 Å². The molecule has 0 saturated heterocycles. The number of hydrogen-bond donors (Lipinski definition) is 1. The molecule has 29 heavy (non-hydrogen) atoms. The number of sulfonamides is 1. The molecule has 1 aliphatic rings. The number of benzene rings is 1. The van der Waals surface area contributed by atoms with Crippen molar-refractivity contribution in [1.29, 1.82) is 0 Å². The van der Waals surface area contributed by atoms with Crippen molar-refractivity contribution >= 4 is 44.6 Å². The molecule has 1 N–H and O–H groups in total. The maximum atomic E-state index is 13.5. The number of rotatable bonds is 6. The number of carbonyl (C=O) groups is 1. The number of halogens is 1. The van der Waals surface area contributed by atoms with Crippen LogP contribution in [0, 0.1) is 13.7 Å². The van der Waals surface area contributed by atoms with E-state index in [9.17, 15) is 13.2 Å². The third kappa shape index (κ3) is 3.70. The van der Waals surface area contributed by atoms with Crippen LogP contribution in [0.1, 0.15) is 41.6 Å². The molecule has 11 heteroatoms. The van der Waals surface area contributed by atoms with Crippen molar-refractivity contribution in [3.63, 3.8) is 0 Å². The van der Waals surface area contributed by atoms with Gasteiger partial charge in [-0.05, 0) is 48.4 Å². The highest BCUT2D eigenvalue weighted by molar-refractivity contribution is 7.93. The smallest absolute Gasteiger partial charge is 0.265 e. The molecule has 1 atom stereocenters. The maximum absolute atomic E-state index is 13.5. The Kier molecular flexibility index (Phi) is 2.66. The molecule has 0 fully saturated rings. The molecule has 0 spiro atoms. The molecule has 152 valence electrons. The first-order valence-corrected chi connectivity index (χ1v) is 10.2. The highest BCUT2D eigenvalue weighted by Gasteiger charge is 2.27. The number of anilines is 1. The van der Waals surface area contributed by atoms with Crippen LogP contribution in [0.25, 0.3) is 0 Å². The summed E-state index contributed by atoms with van der Waals surface area (Å²) in [5.41, 5.74) is -2.89. The fraction of sp³-hybridized carbons (Fsp3) is 0.222. The van der Waals surface area contributed by atoms with Gasteiger partial charge in [0.05, 0.1) is 7.62 Å². The molecule has 3 aromatic rings. The zero-order valence-corrected chi connectivity index (χ0v) is 16.2. The van der Waals surface area contributed by atoms with Crippen molar-refractivity contribution < 1.29 is 42.3 Å². The number of thiophene rings is 1. The van der Waals surface area contributed by atoms with Gasteiger partial charge in [-0.2, -0.15) is 0 Å². The number of carbonyl (C=O) groups excluding carboxylic acids is 1. The largest absolute Gasteiger partial charge is 0.454 e. The molecule has 8 nitrogen and oxygen atoms in total. The lowest BCUT2D eigenvalue weighted by Crippen LogP contribution is -2.16. The highest BCUT2D eigenvalue weighted by atomic mass is 35.5. The van der Waals surface area contributed by atoms with E-state index in [2.05, 4.69) is 9.68 Å². The minimum Gasteiger partial charge on any atom is -0.454 e. The Labute approximate surface area is 190 Å². The van der Waals surface area contributed by atoms with E-state index in [0.29, 0.717) is 11.3 Å². The number of aromatic nitrogens is 1. The fourth-order valence-corrected chi connectivity index (χ4v) is 4.70. The van der Waals surface area contributed by atoms with Crippen LogP contribution in [0.2, 0.25) is 5.02 Å². The molecule has 0 amide bonds. The molecule has 4 rings (SSSR count).